The fourth-order valence-corrected chi connectivity index (χ4v) is 1.88. The molecule has 0 fully saturated rings. The third-order valence-corrected chi connectivity index (χ3v) is 2.99. The molecule has 0 heterocycles. The lowest BCUT2D eigenvalue weighted by Gasteiger charge is -2.12. The molecule has 21 heavy (non-hydrogen) atoms. The molecule has 106 valence electrons. The molecule has 0 aliphatic heterocycles. The van der Waals surface area contributed by atoms with Crippen LogP contribution >= 0.6 is 0 Å². The summed E-state index contributed by atoms with van der Waals surface area (Å²) in [5.41, 5.74) is 7.74. The van der Waals surface area contributed by atoms with Crippen LogP contribution in [0, 0.1) is 11.3 Å². The van der Waals surface area contributed by atoms with Crippen molar-refractivity contribution >= 4 is 11.6 Å². The number of nitrogens with one attached hydrogen (secondary N) is 1. The van der Waals surface area contributed by atoms with E-state index in [1.807, 2.05) is 6.07 Å². The molecule has 0 aliphatic rings. The Labute approximate surface area is 122 Å². The number of nitriles is 1. The van der Waals surface area contributed by atoms with E-state index in [0.29, 0.717) is 17.7 Å². The number of carbonyl (C=O) groups is 1. The van der Waals surface area contributed by atoms with Gasteiger partial charge in [-0.1, -0.05) is 18.2 Å². The van der Waals surface area contributed by atoms with E-state index >= 15 is 0 Å². The van der Waals surface area contributed by atoms with Crippen molar-refractivity contribution in [1.82, 2.24) is 0 Å². The summed E-state index contributed by atoms with van der Waals surface area (Å²) < 4.78 is 0. The van der Waals surface area contributed by atoms with E-state index in [2.05, 4.69) is 5.32 Å². The molecule has 4 N–H and O–H groups in total. The fourth-order valence-electron chi connectivity index (χ4n) is 1.88. The summed E-state index contributed by atoms with van der Waals surface area (Å²) >= 11 is 0. The standard InChI is InChI=1S/C16H15N3O2/c17-10-12-2-1-3-13(8-12)19-16(21)15(18)9-11-4-6-14(20)7-5-11/h1-8,15,20H,9,18H2,(H,19,21). The van der Waals surface area contributed by atoms with Crippen molar-refractivity contribution in [3.8, 4) is 11.8 Å². The predicted octanol–water partition coefficient (Wildman–Crippen LogP) is 1.77. The molecule has 1 unspecified atom stereocenters. The Kier molecular flexibility index (Phi) is 4.54. The van der Waals surface area contributed by atoms with Crippen LogP contribution < -0.4 is 11.1 Å². The molecule has 1 amide bonds. The number of nitrogens with two attached hydrogens (primary N) is 1. The zero-order valence-corrected chi connectivity index (χ0v) is 11.3. The Bertz CT molecular complexity index is 675. The molecule has 2 aromatic rings. The minimum Gasteiger partial charge on any atom is -0.508 e. The van der Waals surface area contributed by atoms with Gasteiger partial charge < -0.3 is 16.2 Å². The molecule has 0 spiro atoms. The first-order valence-electron chi connectivity index (χ1n) is 6.43. The summed E-state index contributed by atoms with van der Waals surface area (Å²) in [5.74, 6) is -0.150. The molecule has 0 aliphatic carbocycles. The van der Waals surface area contributed by atoms with Gasteiger partial charge in [0.25, 0.3) is 0 Å². The van der Waals surface area contributed by atoms with E-state index in [9.17, 15) is 9.90 Å². The van der Waals surface area contributed by atoms with Gasteiger partial charge in [-0.3, -0.25) is 4.79 Å². The third-order valence-electron chi connectivity index (χ3n) is 2.99. The van der Waals surface area contributed by atoms with Gasteiger partial charge in [-0.2, -0.15) is 5.26 Å². The largest absolute Gasteiger partial charge is 0.508 e. The Morgan fingerprint density at radius 2 is 2.00 bits per heavy atom. The van der Waals surface area contributed by atoms with Gasteiger partial charge in [-0.05, 0) is 42.3 Å². The van der Waals surface area contributed by atoms with E-state index in [1.54, 1.807) is 48.5 Å². The number of phenols is 1. The van der Waals surface area contributed by atoms with Gasteiger partial charge in [0.2, 0.25) is 5.91 Å². The van der Waals surface area contributed by atoms with E-state index in [-0.39, 0.29) is 11.7 Å². The predicted molar refractivity (Wildman–Crippen MR) is 79.6 cm³/mol. The summed E-state index contributed by atoms with van der Waals surface area (Å²) in [5, 5.41) is 20.7. The number of hydrogen-bond acceptors (Lipinski definition) is 4. The van der Waals surface area contributed by atoms with Crippen molar-refractivity contribution in [2.75, 3.05) is 5.32 Å². The highest BCUT2D eigenvalue weighted by atomic mass is 16.3. The summed E-state index contributed by atoms with van der Waals surface area (Å²) in [6.45, 7) is 0. The maximum atomic E-state index is 12.0. The van der Waals surface area contributed by atoms with E-state index < -0.39 is 6.04 Å². The number of anilines is 1. The van der Waals surface area contributed by atoms with E-state index in [4.69, 9.17) is 11.0 Å². The van der Waals surface area contributed by atoms with Crippen LogP contribution in [0.5, 0.6) is 5.75 Å². The fraction of sp³-hybridized carbons (Fsp3) is 0.125. The van der Waals surface area contributed by atoms with Crippen molar-refractivity contribution in [1.29, 1.82) is 5.26 Å². The van der Waals surface area contributed by atoms with Gasteiger partial charge in [0.15, 0.2) is 0 Å². The second-order valence-corrected chi connectivity index (χ2v) is 4.66. The molecule has 0 bridgehead atoms. The number of hydrogen-bond donors (Lipinski definition) is 3. The van der Waals surface area contributed by atoms with E-state index in [1.165, 1.54) is 0 Å². The number of nitrogens with zero attached hydrogens (tertiary/aromatic N) is 1. The van der Waals surface area contributed by atoms with Crippen LogP contribution in [0.3, 0.4) is 0 Å². The first kappa shape index (κ1) is 14.6. The molecule has 0 aromatic heterocycles. The summed E-state index contributed by atoms with van der Waals surface area (Å²) in [6.07, 6.45) is 0.365. The average Bonchev–Trinajstić information content (AvgIpc) is 2.49. The van der Waals surface area contributed by atoms with Crippen molar-refractivity contribution in [3.05, 3.63) is 59.7 Å². The minimum atomic E-state index is -0.708. The van der Waals surface area contributed by atoms with Crippen molar-refractivity contribution in [3.63, 3.8) is 0 Å². The van der Waals surface area contributed by atoms with Gasteiger partial charge in [0.05, 0.1) is 17.7 Å². The van der Waals surface area contributed by atoms with Crippen LogP contribution in [0.25, 0.3) is 0 Å². The highest BCUT2D eigenvalue weighted by Crippen LogP contribution is 2.13. The molecule has 5 nitrogen and oxygen atoms in total. The zero-order chi connectivity index (χ0) is 15.2. The SMILES string of the molecule is N#Cc1cccc(NC(=O)C(N)Cc2ccc(O)cc2)c1. The van der Waals surface area contributed by atoms with Crippen LogP contribution in [0.1, 0.15) is 11.1 Å². The van der Waals surface area contributed by atoms with Gasteiger partial charge in [-0.15, -0.1) is 0 Å². The molecular formula is C16H15N3O2. The van der Waals surface area contributed by atoms with Crippen molar-refractivity contribution < 1.29 is 9.90 Å². The Balaban J connectivity index is 1.99. The number of aromatic hydroxyl groups is 1. The maximum Gasteiger partial charge on any atom is 0.241 e. The van der Waals surface area contributed by atoms with Gasteiger partial charge in [0.1, 0.15) is 5.75 Å². The first-order chi connectivity index (χ1) is 10.1. The lowest BCUT2D eigenvalue weighted by atomic mass is 10.1. The highest BCUT2D eigenvalue weighted by molar-refractivity contribution is 5.95. The Morgan fingerprint density at radius 3 is 2.67 bits per heavy atom. The normalized spacial score (nSPS) is 11.4. The molecular weight excluding hydrogens is 266 g/mol. The first-order valence-corrected chi connectivity index (χ1v) is 6.43. The lowest BCUT2D eigenvalue weighted by Crippen LogP contribution is -2.37. The smallest absolute Gasteiger partial charge is 0.241 e. The molecule has 5 heteroatoms. The highest BCUT2D eigenvalue weighted by Gasteiger charge is 2.14. The molecule has 2 rings (SSSR count). The zero-order valence-electron chi connectivity index (χ0n) is 11.3. The third kappa shape index (κ3) is 4.06. The second-order valence-electron chi connectivity index (χ2n) is 4.66. The summed E-state index contributed by atoms with van der Waals surface area (Å²) in [6, 6.07) is 14.5. The molecule has 0 radical (unpaired) electrons. The van der Waals surface area contributed by atoms with Crippen LogP contribution in [-0.2, 0) is 11.2 Å². The summed E-state index contributed by atoms with van der Waals surface area (Å²) in [7, 11) is 0. The number of carbonyl (C=O) groups excluding carboxylic acids is 1. The quantitative estimate of drug-likeness (QED) is 0.795. The average molecular weight is 281 g/mol. The van der Waals surface area contributed by atoms with E-state index in [0.717, 1.165) is 5.56 Å². The second kappa shape index (κ2) is 6.55. The van der Waals surface area contributed by atoms with Crippen molar-refractivity contribution in [2.45, 2.75) is 12.5 Å². The summed E-state index contributed by atoms with van der Waals surface area (Å²) in [4.78, 5) is 12.0. The number of rotatable bonds is 4. The Hall–Kier alpha value is -2.84. The van der Waals surface area contributed by atoms with Gasteiger partial charge in [0, 0.05) is 5.69 Å². The monoisotopic (exact) mass is 281 g/mol. The van der Waals surface area contributed by atoms with Crippen LogP contribution in [0.2, 0.25) is 0 Å². The van der Waals surface area contributed by atoms with Crippen LogP contribution in [0.15, 0.2) is 48.5 Å². The topological polar surface area (TPSA) is 99.1 Å². The van der Waals surface area contributed by atoms with Gasteiger partial charge in [-0.25, -0.2) is 0 Å². The van der Waals surface area contributed by atoms with Crippen LogP contribution in [0.4, 0.5) is 5.69 Å². The Morgan fingerprint density at radius 1 is 1.29 bits per heavy atom. The number of amides is 1. The number of phenolic OH excluding ortho intramolecular Hbond substituents is 1. The van der Waals surface area contributed by atoms with Crippen molar-refractivity contribution in [2.24, 2.45) is 5.73 Å². The number of benzene rings is 2. The minimum absolute atomic E-state index is 0.171. The molecule has 0 saturated heterocycles. The lowest BCUT2D eigenvalue weighted by molar-refractivity contribution is -0.117. The van der Waals surface area contributed by atoms with Crippen LogP contribution in [-0.4, -0.2) is 17.1 Å². The van der Waals surface area contributed by atoms with Gasteiger partial charge >= 0.3 is 0 Å². The molecule has 0 saturated carbocycles. The molecule has 2 aromatic carbocycles. The molecule has 1 atom stereocenters. The maximum absolute atomic E-state index is 12.0.